The number of hydrogen-bond donors (Lipinski definition) is 4. The van der Waals surface area contributed by atoms with Crippen molar-refractivity contribution < 1.29 is 39.6 Å². The molecule has 8 nitrogen and oxygen atoms in total. The molecule has 1 aromatic rings. The van der Waals surface area contributed by atoms with Crippen molar-refractivity contribution in [3.8, 4) is 5.75 Å². The number of carbonyl (C=O) groups excluding carboxylic acids is 4. The number of Topliss-reactive ketones (excluding diaryl/α,β-unsaturated/α-hetero) is 4. The van der Waals surface area contributed by atoms with Crippen LogP contribution in [-0.4, -0.2) is 49.2 Å². The van der Waals surface area contributed by atoms with Crippen LogP contribution in [0.1, 0.15) is 115 Å². The molecule has 4 N–H and O–H groups in total. The number of phenols is 1. The highest BCUT2D eigenvalue weighted by Gasteiger charge is 2.75. The highest BCUT2D eigenvalue weighted by atomic mass is 16.4. The zero-order chi connectivity index (χ0) is 32.5. The van der Waals surface area contributed by atoms with Gasteiger partial charge < -0.3 is 20.4 Å². The van der Waals surface area contributed by atoms with Crippen LogP contribution in [-0.2, 0) is 14.4 Å². The Hall–Kier alpha value is -3.26. The number of fused-ring (bicyclic) bond motifs is 3. The lowest BCUT2D eigenvalue weighted by Crippen LogP contribution is -2.71. The number of carbonyl (C=O) groups is 4. The number of allylic oxidation sites excluding steroid dienone is 2. The van der Waals surface area contributed by atoms with E-state index in [-0.39, 0.29) is 29.1 Å². The van der Waals surface area contributed by atoms with Gasteiger partial charge >= 0.3 is 0 Å². The summed E-state index contributed by atoms with van der Waals surface area (Å²) in [7, 11) is 0. The quantitative estimate of drug-likeness (QED) is 0.259. The predicted molar refractivity (Wildman–Crippen MR) is 164 cm³/mol. The van der Waals surface area contributed by atoms with Gasteiger partial charge in [0.25, 0.3) is 0 Å². The first-order chi connectivity index (χ1) is 20.6. The average molecular weight is 607 g/mol. The molecule has 0 radical (unpaired) electrons. The number of rotatable bonds is 7. The third kappa shape index (κ3) is 4.19. The Kier molecular flexibility index (Phi) is 8.01. The molecule has 8 heteroatoms. The summed E-state index contributed by atoms with van der Waals surface area (Å²) >= 11 is 0. The van der Waals surface area contributed by atoms with Crippen LogP contribution < -0.4 is 0 Å². The van der Waals surface area contributed by atoms with Gasteiger partial charge in [-0.15, -0.1) is 0 Å². The van der Waals surface area contributed by atoms with Crippen molar-refractivity contribution in [2.24, 2.45) is 34.5 Å². The first-order valence-corrected chi connectivity index (χ1v) is 16.1. The monoisotopic (exact) mass is 606 g/mol. The minimum absolute atomic E-state index is 0.0255. The van der Waals surface area contributed by atoms with Crippen LogP contribution >= 0.6 is 0 Å². The van der Waals surface area contributed by atoms with Crippen molar-refractivity contribution in [2.75, 3.05) is 0 Å². The average Bonchev–Trinajstić information content (AvgIpc) is 2.96. The van der Waals surface area contributed by atoms with Gasteiger partial charge in [-0.25, -0.2) is 0 Å². The molecule has 0 amide bonds. The highest BCUT2D eigenvalue weighted by molar-refractivity contribution is 6.25. The fourth-order valence-corrected chi connectivity index (χ4v) is 9.70. The van der Waals surface area contributed by atoms with E-state index in [9.17, 15) is 39.6 Å². The van der Waals surface area contributed by atoms with E-state index in [1.54, 1.807) is 39.8 Å². The number of aliphatic hydroxyl groups excluding tert-OH is 2. The molecule has 6 atom stereocenters. The van der Waals surface area contributed by atoms with Gasteiger partial charge in [-0.2, -0.15) is 0 Å². The van der Waals surface area contributed by atoms with E-state index in [0.29, 0.717) is 17.9 Å². The number of ketones is 4. The molecular weight excluding hydrogens is 560 g/mol. The maximum Gasteiger partial charge on any atom is 0.209 e. The van der Waals surface area contributed by atoms with Crippen LogP contribution in [0.15, 0.2) is 40.9 Å². The molecule has 5 rings (SSSR count). The molecule has 1 aromatic carbocycles. The third-order valence-corrected chi connectivity index (χ3v) is 12.0. The minimum Gasteiger partial charge on any atom is -0.511 e. The molecule has 1 saturated carbocycles. The van der Waals surface area contributed by atoms with Crippen molar-refractivity contribution >= 4 is 23.1 Å². The number of aliphatic hydroxyl groups is 3. The van der Waals surface area contributed by atoms with E-state index in [4.69, 9.17) is 0 Å². The summed E-state index contributed by atoms with van der Waals surface area (Å²) in [5.74, 6) is -6.83. The Bertz CT molecular complexity index is 1490. The van der Waals surface area contributed by atoms with Crippen molar-refractivity contribution in [2.45, 2.75) is 104 Å². The summed E-state index contributed by atoms with van der Waals surface area (Å²) in [6.45, 7) is 9.94. The molecule has 238 valence electrons. The molecule has 1 fully saturated rings. The van der Waals surface area contributed by atoms with E-state index in [2.05, 4.69) is 0 Å². The van der Waals surface area contributed by atoms with Crippen LogP contribution in [0, 0.1) is 34.5 Å². The Labute approximate surface area is 259 Å². The topological polar surface area (TPSA) is 149 Å². The number of phenolic OH excluding ortho intramolecular Hbond substituents is 1. The summed E-state index contributed by atoms with van der Waals surface area (Å²) in [4.78, 5) is 55.3. The summed E-state index contributed by atoms with van der Waals surface area (Å²) in [5, 5.41) is 47.1. The van der Waals surface area contributed by atoms with Gasteiger partial charge in [-0.05, 0) is 48.6 Å². The van der Waals surface area contributed by atoms with Crippen LogP contribution in [0.2, 0.25) is 0 Å². The van der Waals surface area contributed by atoms with E-state index in [0.717, 1.165) is 39.0 Å². The maximum absolute atomic E-state index is 14.3. The number of aromatic hydroxyl groups is 1. The zero-order valence-corrected chi connectivity index (χ0v) is 26.7. The van der Waals surface area contributed by atoms with Gasteiger partial charge in [0, 0.05) is 35.2 Å². The van der Waals surface area contributed by atoms with Crippen molar-refractivity contribution in [1.82, 2.24) is 0 Å². The summed E-state index contributed by atoms with van der Waals surface area (Å²) < 4.78 is 0. The van der Waals surface area contributed by atoms with Crippen molar-refractivity contribution in [3.05, 3.63) is 52.0 Å². The Morgan fingerprint density at radius 3 is 2.25 bits per heavy atom. The van der Waals surface area contributed by atoms with Gasteiger partial charge in [0.1, 0.15) is 28.6 Å². The Morgan fingerprint density at radius 1 is 1.02 bits per heavy atom. The highest BCUT2D eigenvalue weighted by Crippen LogP contribution is 2.71. The Morgan fingerprint density at radius 2 is 1.66 bits per heavy atom. The fraction of sp³-hybridized carbons (Fsp3) is 0.611. The summed E-state index contributed by atoms with van der Waals surface area (Å²) in [6.07, 6.45) is 6.57. The second-order valence-corrected chi connectivity index (χ2v) is 14.5. The summed E-state index contributed by atoms with van der Waals surface area (Å²) in [5.41, 5.74) is -6.09. The Balaban J connectivity index is 1.78. The standard InChI is InChI=1S/C36H46O8/c1-18(2)28-30(40)26(20(4)37)32(42)36(44)33(43)29-31(41)27-23(13-10-14-24(27)39)19(3)34(29,5)25(35(28,36)6)17-22(38)16-15-21-11-8-7-9-12-21/h10,13-14,18-19,21,25,28,39-40,43-44H,7-9,11-12,15-17H2,1-6H3/t19-,25-,28?,34-,35-,36+/m1/s1. The second kappa shape index (κ2) is 11.0. The van der Waals surface area contributed by atoms with Gasteiger partial charge in [0.05, 0.1) is 5.56 Å². The lowest BCUT2D eigenvalue weighted by Gasteiger charge is -2.65. The van der Waals surface area contributed by atoms with E-state index in [1.165, 1.54) is 12.5 Å². The van der Waals surface area contributed by atoms with Crippen molar-refractivity contribution in [1.29, 1.82) is 0 Å². The normalized spacial score (nSPS) is 34.1. The van der Waals surface area contributed by atoms with E-state index < -0.39 is 74.5 Å². The molecule has 0 bridgehead atoms. The lowest BCUT2D eigenvalue weighted by molar-refractivity contribution is -0.193. The molecule has 0 aliphatic heterocycles. The van der Waals surface area contributed by atoms with Gasteiger partial charge in [-0.1, -0.05) is 78.9 Å². The van der Waals surface area contributed by atoms with Crippen LogP contribution in [0.5, 0.6) is 5.75 Å². The molecule has 0 heterocycles. The zero-order valence-electron chi connectivity index (χ0n) is 26.7. The third-order valence-electron chi connectivity index (χ3n) is 12.0. The first-order valence-electron chi connectivity index (χ1n) is 16.1. The van der Waals surface area contributed by atoms with Crippen LogP contribution in [0.3, 0.4) is 0 Å². The molecule has 0 spiro atoms. The SMILES string of the molecule is CC(=O)C1=C(O)C(C(C)C)[C@@]2(C)[C@H](CC(=O)CCC3CCCCC3)[C@]3(C)C(=C(O)[C@@]2(O)C1=O)C(=O)c1c(O)cccc1[C@H]3C. The summed E-state index contributed by atoms with van der Waals surface area (Å²) in [6, 6.07) is 4.74. The molecule has 4 aliphatic rings. The molecule has 44 heavy (non-hydrogen) atoms. The first kappa shape index (κ1) is 32.1. The van der Waals surface area contributed by atoms with Gasteiger partial charge in [-0.3, -0.25) is 19.2 Å². The minimum atomic E-state index is -2.78. The fourth-order valence-electron chi connectivity index (χ4n) is 9.70. The second-order valence-electron chi connectivity index (χ2n) is 14.5. The molecular formula is C36H46O8. The molecule has 0 aromatic heterocycles. The van der Waals surface area contributed by atoms with E-state index in [1.807, 2.05) is 6.92 Å². The molecule has 0 saturated heterocycles. The van der Waals surface area contributed by atoms with Crippen LogP contribution in [0.4, 0.5) is 0 Å². The largest absolute Gasteiger partial charge is 0.511 e. The number of benzene rings is 1. The van der Waals surface area contributed by atoms with Crippen molar-refractivity contribution in [3.63, 3.8) is 0 Å². The predicted octanol–water partition coefficient (Wildman–Crippen LogP) is 6.45. The lowest BCUT2D eigenvalue weighted by atomic mass is 9.38. The van der Waals surface area contributed by atoms with Gasteiger partial charge in [0.15, 0.2) is 17.2 Å². The smallest absolute Gasteiger partial charge is 0.209 e. The maximum atomic E-state index is 14.3. The number of hydrogen-bond acceptors (Lipinski definition) is 8. The molecule has 4 aliphatic carbocycles. The molecule has 1 unspecified atom stereocenters. The van der Waals surface area contributed by atoms with Crippen LogP contribution in [0.25, 0.3) is 0 Å². The van der Waals surface area contributed by atoms with Gasteiger partial charge in [0.2, 0.25) is 5.78 Å². The van der Waals surface area contributed by atoms with E-state index >= 15 is 0 Å².